The molecule has 2 atom stereocenters. The average Bonchev–Trinajstić information content (AvgIpc) is 2.61. The van der Waals surface area contributed by atoms with Crippen LogP contribution in [0.4, 0.5) is 0 Å². The normalized spacial score (nSPS) is 26.3. The van der Waals surface area contributed by atoms with E-state index in [4.69, 9.17) is 0 Å². The summed E-state index contributed by atoms with van der Waals surface area (Å²) >= 11 is 0. The van der Waals surface area contributed by atoms with Crippen molar-refractivity contribution in [2.24, 2.45) is 0 Å². The van der Waals surface area contributed by atoms with Gasteiger partial charge < -0.3 is 0 Å². The first-order valence-corrected chi connectivity index (χ1v) is 9.57. The number of allylic oxidation sites excluding steroid dienone is 2. The van der Waals surface area contributed by atoms with Crippen LogP contribution in [-0.4, -0.2) is 0 Å². The van der Waals surface area contributed by atoms with Gasteiger partial charge in [0.15, 0.2) is 11.7 Å². The monoisotopic (exact) mass is 318 g/mol. The van der Waals surface area contributed by atoms with Gasteiger partial charge in [-0.1, -0.05) is 51.5 Å². The van der Waals surface area contributed by atoms with Crippen LogP contribution in [0.5, 0.6) is 0 Å². The maximum Gasteiger partial charge on any atom is 0.213 e. The van der Waals surface area contributed by atoms with Crippen molar-refractivity contribution in [2.45, 2.75) is 63.8 Å². The lowest BCUT2D eigenvalue weighted by molar-refractivity contribution is -0.759. The Kier molecular flexibility index (Phi) is 3.63. The molecule has 0 N–H and O–H groups in total. The molecule has 0 fully saturated rings. The largest absolute Gasteiger partial charge is 0.213 e. The lowest BCUT2D eigenvalue weighted by atomic mass is 9.52. The number of nitrogens with zero attached hydrogens (tertiary/aromatic N) is 1. The number of fused-ring (bicyclic) bond motifs is 6. The first-order valence-electron chi connectivity index (χ1n) is 9.57. The van der Waals surface area contributed by atoms with E-state index in [1.165, 1.54) is 41.6 Å². The van der Waals surface area contributed by atoms with E-state index in [2.05, 4.69) is 80.1 Å². The van der Waals surface area contributed by atoms with Crippen LogP contribution in [0.2, 0.25) is 0 Å². The zero-order chi connectivity index (χ0) is 16.8. The second kappa shape index (κ2) is 5.58. The quantitative estimate of drug-likeness (QED) is 0.519. The Bertz CT molecular complexity index is 803. The summed E-state index contributed by atoms with van der Waals surface area (Å²) in [6, 6.07) is 13.9. The van der Waals surface area contributed by atoms with Crippen molar-refractivity contribution in [2.75, 3.05) is 0 Å². The molecule has 124 valence electrons. The van der Waals surface area contributed by atoms with Crippen molar-refractivity contribution in [3.63, 3.8) is 0 Å². The minimum Gasteiger partial charge on any atom is -0.188 e. The van der Waals surface area contributed by atoms with Crippen LogP contribution in [0.15, 0.2) is 54.7 Å². The molecular formula is C23H28N+. The average molecular weight is 318 g/mol. The van der Waals surface area contributed by atoms with E-state index in [1.54, 1.807) is 0 Å². The molecule has 1 aromatic heterocycles. The Morgan fingerprint density at radius 3 is 2.46 bits per heavy atom. The summed E-state index contributed by atoms with van der Waals surface area (Å²) in [6.07, 6.45) is 13.2. The fourth-order valence-corrected chi connectivity index (χ4v) is 5.04. The molecule has 24 heavy (non-hydrogen) atoms. The van der Waals surface area contributed by atoms with Crippen LogP contribution in [-0.2, 0) is 17.4 Å². The van der Waals surface area contributed by atoms with E-state index in [9.17, 15) is 0 Å². The molecule has 0 radical (unpaired) electrons. The Morgan fingerprint density at radius 2 is 1.79 bits per heavy atom. The van der Waals surface area contributed by atoms with Crippen molar-refractivity contribution < 1.29 is 4.57 Å². The molecule has 4 rings (SSSR count). The number of hydrogen-bond acceptors (Lipinski definition) is 0. The Labute approximate surface area is 146 Å². The summed E-state index contributed by atoms with van der Waals surface area (Å²) in [5.41, 5.74) is 6.07. The van der Waals surface area contributed by atoms with Gasteiger partial charge in [-0.05, 0) is 42.5 Å². The zero-order valence-electron chi connectivity index (χ0n) is 15.2. The van der Waals surface area contributed by atoms with Gasteiger partial charge in [0, 0.05) is 18.6 Å². The van der Waals surface area contributed by atoms with E-state index in [1.807, 2.05) is 0 Å². The number of aromatic nitrogens is 1. The maximum absolute atomic E-state index is 2.56. The molecule has 1 aromatic carbocycles. The molecule has 0 saturated heterocycles. The third-order valence-electron chi connectivity index (χ3n) is 6.46. The molecular weight excluding hydrogens is 290 g/mol. The van der Waals surface area contributed by atoms with E-state index in [0.29, 0.717) is 0 Å². The molecule has 0 amide bonds. The number of aryl methyl sites for hydroxylation is 1. The minimum absolute atomic E-state index is 0.106. The zero-order valence-corrected chi connectivity index (χ0v) is 15.2. The molecule has 2 aromatic rings. The highest BCUT2D eigenvalue weighted by Gasteiger charge is 2.64. The van der Waals surface area contributed by atoms with Gasteiger partial charge in [-0.2, -0.15) is 4.57 Å². The van der Waals surface area contributed by atoms with E-state index in [-0.39, 0.29) is 11.0 Å². The summed E-state index contributed by atoms with van der Waals surface area (Å²) in [5.74, 6) is 0. The summed E-state index contributed by atoms with van der Waals surface area (Å²) in [7, 11) is 0. The number of unbranched alkanes of at least 4 members (excludes halogenated alkanes) is 1. The number of pyridine rings is 1. The summed E-state index contributed by atoms with van der Waals surface area (Å²) in [6.45, 7) is 6.94. The third kappa shape index (κ3) is 1.79. The van der Waals surface area contributed by atoms with Crippen molar-refractivity contribution in [1.29, 1.82) is 0 Å². The summed E-state index contributed by atoms with van der Waals surface area (Å²) in [4.78, 5) is 0. The van der Waals surface area contributed by atoms with Gasteiger partial charge >= 0.3 is 0 Å². The lowest BCUT2D eigenvalue weighted by Gasteiger charge is -2.52. The first-order chi connectivity index (χ1) is 11.7. The van der Waals surface area contributed by atoms with Crippen LogP contribution < -0.4 is 4.57 Å². The van der Waals surface area contributed by atoms with Gasteiger partial charge in [0.05, 0.1) is 11.0 Å². The Morgan fingerprint density at radius 1 is 0.958 bits per heavy atom. The van der Waals surface area contributed by atoms with Crippen molar-refractivity contribution in [3.05, 3.63) is 65.9 Å². The van der Waals surface area contributed by atoms with Crippen LogP contribution in [0, 0.1) is 0 Å². The minimum atomic E-state index is 0.106. The highest BCUT2D eigenvalue weighted by Crippen LogP contribution is 2.56. The molecule has 1 aliphatic heterocycles. The maximum atomic E-state index is 2.56. The fraction of sp³-hybridized carbons (Fsp3) is 0.435. The number of hydrogen-bond donors (Lipinski definition) is 0. The fourth-order valence-electron chi connectivity index (χ4n) is 5.04. The predicted molar refractivity (Wildman–Crippen MR) is 100 cm³/mol. The van der Waals surface area contributed by atoms with Crippen molar-refractivity contribution in [1.82, 2.24) is 0 Å². The third-order valence-corrected chi connectivity index (χ3v) is 6.46. The highest BCUT2D eigenvalue weighted by atomic mass is 15.1. The second-order valence-electron chi connectivity index (χ2n) is 7.38. The number of benzene rings is 1. The van der Waals surface area contributed by atoms with Crippen LogP contribution in [0.1, 0.15) is 57.6 Å². The molecule has 0 spiro atoms. The molecule has 1 aliphatic carbocycles. The highest BCUT2D eigenvalue weighted by molar-refractivity contribution is 5.69. The van der Waals surface area contributed by atoms with Crippen LogP contribution in [0.3, 0.4) is 0 Å². The second-order valence-corrected chi connectivity index (χ2v) is 7.38. The van der Waals surface area contributed by atoms with E-state index >= 15 is 0 Å². The topological polar surface area (TPSA) is 3.88 Å². The van der Waals surface area contributed by atoms with Crippen molar-refractivity contribution in [3.8, 4) is 11.3 Å². The van der Waals surface area contributed by atoms with E-state index in [0.717, 1.165) is 12.8 Å². The molecule has 2 aliphatic rings. The summed E-state index contributed by atoms with van der Waals surface area (Å²) < 4.78 is 2.56. The predicted octanol–water partition coefficient (Wildman–Crippen LogP) is 5.32. The van der Waals surface area contributed by atoms with Gasteiger partial charge in [-0.25, -0.2) is 0 Å². The van der Waals surface area contributed by atoms with Gasteiger partial charge in [-0.15, -0.1) is 0 Å². The van der Waals surface area contributed by atoms with Crippen molar-refractivity contribution >= 4 is 0 Å². The molecule has 0 saturated carbocycles. The molecule has 2 unspecified atom stereocenters. The van der Waals surface area contributed by atoms with Crippen LogP contribution in [0.25, 0.3) is 11.3 Å². The molecule has 1 heteroatoms. The molecule has 1 nitrogen and oxygen atoms in total. The Hall–Kier alpha value is -1.89. The summed E-state index contributed by atoms with van der Waals surface area (Å²) in [5, 5.41) is 0. The smallest absolute Gasteiger partial charge is 0.188 e. The molecule has 0 bridgehead atoms. The first kappa shape index (κ1) is 15.6. The Balaban J connectivity index is 1.96. The van der Waals surface area contributed by atoms with Gasteiger partial charge in [0.2, 0.25) is 5.69 Å². The van der Waals surface area contributed by atoms with Gasteiger partial charge in [-0.3, -0.25) is 0 Å². The van der Waals surface area contributed by atoms with Gasteiger partial charge in [0.1, 0.15) is 0 Å². The van der Waals surface area contributed by atoms with Crippen LogP contribution >= 0.6 is 0 Å². The van der Waals surface area contributed by atoms with Gasteiger partial charge in [0.25, 0.3) is 0 Å². The standard InChI is InChI=1S/C23H28N/c1-4-7-10-18-13-16-24-21(17-18)19-11-8-9-12-20(19)22(5-2)14-15-23(22,24)6-3/h8-9,11-17H,4-7,10H2,1-3H3/q+1. The number of rotatable bonds is 5. The lowest BCUT2D eigenvalue weighted by Crippen LogP contribution is -2.72. The molecule has 2 heterocycles. The van der Waals surface area contributed by atoms with E-state index < -0.39 is 0 Å². The SMILES string of the molecule is CCCCc1cc[n+]2c(c1)-c1ccccc1C1(CC)C=CC21CC.